The first-order valence-corrected chi connectivity index (χ1v) is 4.19. The predicted molar refractivity (Wildman–Crippen MR) is 51.8 cm³/mol. The second-order valence-corrected chi connectivity index (χ2v) is 2.96. The molecule has 2 rings (SSSR count). The van der Waals surface area contributed by atoms with Crippen LogP contribution >= 0.6 is 0 Å². The number of hydrogen-bond donors (Lipinski definition) is 1. The largest absolute Gasteiger partial charge is 0.326 e. The van der Waals surface area contributed by atoms with Crippen LogP contribution in [0.4, 0.5) is 4.39 Å². The zero-order valence-corrected chi connectivity index (χ0v) is 7.13. The molecule has 2 aromatic rings. The lowest BCUT2D eigenvalue weighted by molar-refractivity contribution is 0.638. The highest BCUT2D eigenvalue weighted by molar-refractivity contribution is 5.86. The lowest BCUT2D eigenvalue weighted by Crippen LogP contribution is -1.98. The van der Waals surface area contributed by atoms with Gasteiger partial charge in [0, 0.05) is 11.9 Å². The fourth-order valence-corrected chi connectivity index (χ4v) is 1.54. The van der Waals surface area contributed by atoms with Gasteiger partial charge in [-0.25, -0.2) is 4.39 Å². The van der Waals surface area contributed by atoms with E-state index in [0.29, 0.717) is 11.9 Å². The molecule has 0 aliphatic carbocycles. The van der Waals surface area contributed by atoms with E-state index in [1.807, 2.05) is 24.3 Å². The van der Waals surface area contributed by atoms with Gasteiger partial charge in [0.05, 0.1) is 0 Å². The van der Waals surface area contributed by atoms with Crippen LogP contribution in [0.3, 0.4) is 0 Å². The van der Waals surface area contributed by atoms with E-state index in [1.54, 1.807) is 6.07 Å². The molecule has 2 heteroatoms. The fourth-order valence-electron chi connectivity index (χ4n) is 1.54. The first-order chi connectivity index (χ1) is 6.33. The predicted octanol–water partition coefficient (Wildman–Crippen LogP) is 2.44. The van der Waals surface area contributed by atoms with Crippen LogP contribution in [0.2, 0.25) is 0 Å². The summed E-state index contributed by atoms with van der Waals surface area (Å²) in [7, 11) is 0. The molecule has 0 heterocycles. The molecule has 0 amide bonds. The highest BCUT2D eigenvalue weighted by atomic mass is 19.1. The van der Waals surface area contributed by atoms with Gasteiger partial charge in [-0.15, -0.1) is 0 Å². The molecule has 0 bridgehead atoms. The maximum Gasteiger partial charge on any atom is 0.131 e. The fraction of sp³-hybridized carbons (Fsp3) is 0.0909. The molecule has 0 saturated heterocycles. The molecular weight excluding hydrogens is 165 g/mol. The lowest BCUT2D eigenvalue weighted by atomic mass is 10.0. The van der Waals surface area contributed by atoms with Crippen LogP contribution in [-0.2, 0) is 6.54 Å². The van der Waals surface area contributed by atoms with E-state index in [0.717, 1.165) is 10.9 Å². The molecule has 0 radical (unpaired) electrons. The molecule has 0 aromatic heterocycles. The molecule has 0 fully saturated rings. The van der Waals surface area contributed by atoms with Crippen molar-refractivity contribution in [3.05, 3.63) is 47.8 Å². The second kappa shape index (κ2) is 3.15. The molecule has 0 aliphatic heterocycles. The van der Waals surface area contributed by atoms with E-state index in [2.05, 4.69) is 0 Å². The van der Waals surface area contributed by atoms with E-state index < -0.39 is 0 Å². The van der Waals surface area contributed by atoms with Crippen LogP contribution in [0.5, 0.6) is 0 Å². The van der Waals surface area contributed by atoms with Gasteiger partial charge >= 0.3 is 0 Å². The average molecular weight is 175 g/mol. The smallest absolute Gasteiger partial charge is 0.131 e. The third-order valence-electron chi connectivity index (χ3n) is 2.16. The lowest BCUT2D eigenvalue weighted by Gasteiger charge is -2.04. The highest BCUT2D eigenvalue weighted by Crippen LogP contribution is 2.21. The number of hydrogen-bond acceptors (Lipinski definition) is 1. The van der Waals surface area contributed by atoms with Gasteiger partial charge in [0.25, 0.3) is 0 Å². The average Bonchev–Trinajstić information content (AvgIpc) is 2.17. The van der Waals surface area contributed by atoms with Crippen molar-refractivity contribution in [2.45, 2.75) is 6.54 Å². The van der Waals surface area contributed by atoms with Crippen molar-refractivity contribution in [2.24, 2.45) is 5.73 Å². The molecule has 0 unspecified atom stereocenters. The highest BCUT2D eigenvalue weighted by Gasteiger charge is 2.03. The van der Waals surface area contributed by atoms with Crippen molar-refractivity contribution in [2.75, 3.05) is 0 Å². The number of benzene rings is 2. The Morgan fingerprint density at radius 2 is 1.77 bits per heavy atom. The standard InChI is InChI=1S/C11H10FN/c12-10-6-2-4-8-3-1-5-9(7-13)11(8)10/h1-6H,7,13H2. The van der Waals surface area contributed by atoms with Gasteiger partial charge in [-0.3, -0.25) is 0 Å². The Labute approximate surface area is 76.0 Å². The summed E-state index contributed by atoms with van der Waals surface area (Å²) in [5.41, 5.74) is 6.38. The van der Waals surface area contributed by atoms with Crippen molar-refractivity contribution in [3.63, 3.8) is 0 Å². The molecule has 0 spiro atoms. The third kappa shape index (κ3) is 1.29. The molecular formula is C11H10FN. The van der Waals surface area contributed by atoms with Crippen LogP contribution in [0.15, 0.2) is 36.4 Å². The van der Waals surface area contributed by atoms with Gasteiger partial charge in [0.1, 0.15) is 5.82 Å². The minimum Gasteiger partial charge on any atom is -0.326 e. The molecule has 66 valence electrons. The van der Waals surface area contributed by atoms with Crippen LogP contribution in [0.25, 0.3) is 10.8 Å². The van der Waals surface area contributed by atoms with Gasteiger partial charge in [-0.2, -0.15) is 0 Å². The summed E-state index contributed by atoms with van der Waals surface area (Å²) in [6.07, 6.45) is 0. The van der Waals surface area contributed by atoms with Gasteiger partial charge in [0.2, 0.25) is 0 Å². The first kappa shape index (κ1) is 8.20. The van der Waals surface area contributed by atoms with Crippen LogP contribution in [-0.4, -0.2) is 0 Å². The normalized spacial score (nSPS) is 10.6. The summed E-state index contributed by atoms with van der Waals surface area (Å²) >= 11 is 0. The first-order valence-electron chi connectivity index (χ1n) is 4.19. The van der Waals surface area contributed by atoms with E-state index >= 15 is 0 Å². The van der Waals surface area contributed by atoms with Crippen molar-refractivity contribution in [3.8, 4) is 0 Å². The van der Waals surface area contributed by atoms with E-state index in [-0.39, 0.29) is 5.82 Å². The zero-order chi connectivity index (χ0) is 9.26. The molecule has 0 aliphatic rings. The van der Waals surface area contributed by atoms with E-state index in [4.69, 9.17) is 5.73 Å². The quantitative estimate of drug-likeness (QED) is 0.707. The Morgan fingerprint density at radius 3 is 2.46 bits per heavy atom. The molecule has 2 N–H and O–H groups in total. The van der Waals surface area contributed by atoms with Crippen molar-refractivity contribution in [1.82, 2.24) is 0 Å². The number of nitrogens with two attached hydrogens (primary N) is 1. The summed E-state index contributed by atoms with van der Waals surface area (Å²) in [5, 5.41) is 1.55. The Morgan fingerprint density at radius 1 is 1.08 bits per heavy atom. The third-order valence-corrected chi connectivity index (χ3v) is 2.16. The van der Waals surface area contributed by atoms with Crippen molar-refractivity contribution < 1.29 is 4.39 Å². The molecule has 2 aromatic carbocycles. The van der Waals surface area contributed by atoms with Crippen molar-refractivity contribution in [1.29, 1.82) is 0 Å². The molecule has 1 nitrogen and oxygen atoms in total. The van der Waals surface area contributed by atoms with Gasteiger partial charge in [0.15, 0.2) is 0 Å². The second-order valence-electron chi connectivity index (χ2n) is 2.96. The summed E-state index contributed by atoms with van der Waals surface area (Å²) in [6, 6.07) is 10.7. The number of fused-ring (bicyclic) bond motifs is 1. The summed E-state index contributed by atoms with van der Waals surface area (Å²) in [6.45, 7) is 0.373. The summed E-state index contributed by atoms with van der Waals surface area (Å²) < 4.78 is 13.4. The van der Waals surface area contributed by atoms with Crippen LogP contribution < -0.4 is 5.73 Å². The summed E-state index contributed by atoms with van der Waals surface area (Å²) in [5.74, 6) is -0.196. The van der Waals surface area contributed by atoms with Crippen LogP contribution in [0.1, 0.15) is 5.56 Å². The SMILES string of the molecule is NCc1cccc2cccc(F)c12. The van der Waals surface area contributed by atoms with E-state index in [9.17, 15) is 4.39 Å². The van der Waals surface area contributed by atoms with Gasteiger partial charge in [-0.05, 0) is 17.0 Å². The molecule has 0 saturated carbocycles. The van der Waals surface area contributed by atoms with E-state index in [1.165, 1.54) is 6.07 Å². The van der Waals surface area contributed by atoms with Crippen LogP contribution in [0, 0.1) is 5.82 Å². The topological polar surface area (TPSA) is 26.0 Å². The molecule has 0 atom stereocenters. The number of halogens is 1. The monoisotopic (exact) mass is 175 g/mol. The Hall–Kier alpha value is -1.41. The number of rotatable bonds is 1. The van der Waals surface area contributed by atoms with Gasteiger partial charge < -0.3 is 5.73 Å². The summed E-state index contributed by atoms with van der Waals surface area (Å²) in [4.78, 5) is 0. The minimum absolute atomic E-state index is 0.196. The maximum absolute atomic E-state index is 13.4. The maximum atomic E-state index is 13.4. The van der Waals surface area contributed by atoms with Gasteiger partial charge in [-0.1, -0.05) is 30.3 Å². The zero-order valence-electron chi connectivity index (χ0n) is 7.13. The van der Waals surface area contributed by atoms with Crippen molar-refractivity contribution >= 4 is 10.8 Å². The minimum atomic E-state index is -0.196. The Kier molecular flexibility index (Phi) is 1.99. The molecule has 13 heavy (non-hydrogen) atoms. The Balaban J connectivity index is 2.87. The Bertz CT molecular complexity index is 432.